The molecule has 1 rings (SSSR count). The highest BCUT2D eigenvalue weighted by molar-refractivity contribution is 5.92. The second kappa shape index (κ2) is 13.6. The first kappa shape index (κ1) is 29.0. The second-order valence-electron chi connectivity index (χ2n) is 9.65. The fraction of sp³-hybridized carbons (Fsp3) is 0.615. The van der Waals surface area contributed by atoms with Crippen molar-refractivity contribution >= 4 is 17.9 Å². The summed E-state index contributed by atoms with van der Waals surface area (Å²) < 4.78 is 5.36. The molecule has 3 amide bonds. The second-order valence-corrected chi connectivity index (χ2v) is 9.65. The number of rotatable bonds is 11. The van der Waals surface area contributed by atoms with Gasteiger partial charge in [-0.1, -0.05) is 63.9 Å². The average Bonchev–Trinajstić information content (AvgIpc) is 2.75. The maximum Gasteiger partial charge on any atom is 0.408 e. The maximum absolute atomic E-state index is 13.8. The van der Waals surface area contributed by atoms with E-state index >= 15 is 0 Å². The third-order valence-electron chi connectivity index (χ3n) is 5.46. The smallest absolute Gasteiger partial charge is 0.408 e. The molecular weight excluding hydrogens is 432 g/mol. The molecule has 0 fully saturated rings. The van der Waals surface area contributed by atoms with Crippen molar-refractivity contribution in [1.29, 1.82) is 5.26 Å². The SMILES string of the molecule is CCCC(C)NC(=O)C(c1ccccc1)N(CC#N)C(=O)C(NC(=O)OC(C)(C)C)C(C)CC. The summed E-state index contributed by atoms with van der Waals surface area (Å²) in [5.41, 5.74) is -0.145. The lowest BCUT2D eigenvalue weighted by atomic mass is 9.95. The normalized spacial score (nSPS) is 14.6. The molecule has 0 aliphatic carbocycles. The summed E-state index contributed by atoms with van der Waals surface area (Å²) in [7, 11) is 0. The van der Waals surface area contributed by atoms with Gasteiger partial charge in [0.2, 0.25) is 11.8 Å². The minimum Gasteiger partial charge on any atom is -0.444 e. The first-order chi connectivity index (χ1) is 15.9. The number of amides is 3. The molecule has 0 heterocycles. The number of carbonyl (C=O) groups is 3. The van der Waals surface area contributed by atoms with Gasteiger partial charge in [0.1, 0.15) is 24.2 Å². The maximum atomic E-state index is 13.8. The molecule has 1 aromatic carbocycles. The van der Waals surface area contributed by atoms with Gasteiger partial charge in [0, 0.05) is 6.04 Å². The van der Waals surface area contributed by atoms with Crippen LogP contribution < -0.4 is 10.6 Å². The Labute approximate surface area is 204 Å². The van der Waals surface area contributed by atoms with Crippen LogP contribution in [0.25, 0.3) is 0 Å². The van der Waals surface area contributed by atoms with Gasteiger partial charge in [0.25, 0.3) is 0 Å². The molecule has 0 aromatic heterocycles. The summed E-state index contributed by atoms with van der Waals surface area (Å²) in [5, 5.41) is 15.2. The Hall–Kier alpha value is -3.08. The van der Waals surface area contributed by atoms with Gasteiger partial charge in [-0.2, -0.15) is 5.26 Å². The molecule has 0 saturated carbocycles. The molecule has 188 valence electrons. The minimum absolute atomic E-state index is 0.0898. The predicted octanol–water partition coefficient (Wildman–Crippen LogP) is 4.32. The van der Waals surface area contributed by atoms with Crippen LogP contribution in [-0.2, 0) is 14.3 Å². The van der Waals surface area contributed by atoms with Gasteiger partial charge in [0.15, 0.2) is 0 Å². The van der Waals surface area contributed by atoms with E-state index in [2.05, 4.69) is 10.6 Å². The third-order valence-corrected chi connectivity index (χ3v) is 5.46. The third kappa shape index (κ3) is 9.05. The van der Waals surface area contributed by atoms with Crippen LogP contribution in [0.2, 0.25) is 0 Å². The number of ether oxygens (including phenoxy) is 1. The van der Waals surface area contributed by atoms with E-state index in [-0.39, 0.29) is 24.4 Å². The molecule has 0 aliphatic heterocycles. The average molecular weight is 473 g/mol. The molecule has 2 N–H and O–H groups in total. The van der Waals surface area contributed by atoms with Crippen molar-refractivity contribution in [3.05, 3.63) is 35.9 Å². The highest BCUT2D eigenvalue weighted by atomic mass is 16.6. The standard InChI is InChI=1S/C26H40N4O4/c1-8-13-19(4)28-23(31)22(20-14-11-10-12-15-20)30(17-16-27)24(32)21(18(3)9-2)29-25(33)34-26(5,6)7/h10-12,14-15,18-19,21-22H,8-9,13,17H2,1-7H3,(H,28,31)(H,29,33). The number of carbonyl (C=O) groups excluding carboxylic acids is 3. The van der Waals surface area contributed by atoms with Gasteiger partial charge < -0.3 is 20.3 Å². The molecule has 4 atom stereocenters. The lowest BCUT2D eigenvalue weighted by Crippen LogP contribution is -2.55. The van der Waals surface area contributed by atoms with Gasteiger partial charge in [-0.3, -0.25) is 9.59 Å². The largest absolute Gasteiger partial charge is 0.444 e. The lowest BCUT2D eigenvalue weighted by molar-refractivity contribution is -0.143. The minimum atomic E-state index is -1.01. The summed E-state index contributed by atoms with van der Waals surface area (Å²) in [4.78, 5) is 40.9. The number of nitrogens with zero attached hydrogens (tertiary/aromatic N) is 2. The molecule has 1 aromatic rings. The van der Waals surface area contributed by atoms with Crippen LogP contribution in [0.1, 0.15) is 79.3 Å². The van der Waals surface area contributed by atoms with Crippen molar-refractivity contribution < 1.29 is 19.1 Å². The molecule has 0 spiro atoms. The molecule has 34 heavy (non-hydrogen) atoms. The summed E-state index contributed by atoms with van der Waals surface area (Å²) >= 11 is 0. The van der Waals surface area contributed by atoms with Gasteiger partial charge in [-0.15, -0.1) is 0 Å². The van der Waals surface area contributed by atoms with E-state index in [9.17, 15) is 19.6 Å². The Morgan fingerprint density at radius 2 is 1.71 bits per heavy atom. The van der Waals surface area contributed by atoms with Crippen LogP contribution in [0.15, 0.2) is 30.3 Å². The molecule has 0 aliphatic rings. The number of nitriles is 1. The van der Waals surface area contributed by atoms with E-state index in [0.29, 0.717) is 12.0 Å². The predicted molar refractivity (Wildman–Crippen MR) is 132 cm³/mol. The molecule has 0 saturated heterocycles. The Balaban J connectivity index is 3.39. The zero-order valence-corrected chi connectivity index (χ0v) is 21.6. The van der Waals surface area contributed by atoms with Crippen molar-refractivity contribution in [1.82, 2.24) is 15.5 Å². The van der Waals surface area contributed by atoms with Crippen LogP contribution >= 0.6 is 0 Å². The Morgan fingerprint density at radius 3 is 2.21 bits per heavy atom. The van der Waals surface area contributed by atoms with Crippen molar-refractivity contribution in [3.63, 3.8) is 0 Å². The molecule has 0 radical (unpaired) electrons. The van der Waals surface area contributed by atoms with Crippen molar-refractivity contribution in [2.75, 3.05) is 6.54 Å². The van der Waals surface area contributed by atoms with Crippen LogP contribution in [0, 0.1) is 17.2 Å². The topological polar surface area (TPSA) is 112 Å². The molecule has 8 nitrogen and oxygen atoms in total. The van der Waals surface area contributed by atoms with E-state index in [1.807, 2.05) is 39.8 Å². The fourth-order valence-electron chi connectivity index (χ4n) is 3.60. The van der Waals surface area contributed by atoms with Gasteiger partial charge in [0.05, 0.1) is 6.07 Å². The van der Waals surface area contributed by atoms with E-state index < -0.39 is 29.7 Å². The van der Waals surface area contributed by atoms with Crippen LogP contribution in [0.3, 0.4) is 0 Å². The van der Waals surface area contributed by atoms with E-state index in [1.54, 1.807) is 45.0 Å². The first-order valence-electron chi connectivity index (χ1n) is 12.0. The van der Waals surface area contributed by atoms with Crippen molar-refractivity contribution in [3.8, 4) is 6.07 Å². The first-order valence-corrected chi connectivity index (χ1v) is 12.0. The Kier molecular flexibility index (Phi) is 11.6. The summed E-state index contributed by atoms with van der Waals surface area (Å²) in [6, 6.07) is 8.85. The van der Waals surface area contributed by atoms with E-state index in [1.165, 1.54) is 4.90 Å². The van der Waals surface area contributed by atoms with E-state index in [4.69, 9.17) is 4.74 Å². The van der Waals surface area contributed by atoms with E-state index in [0.717, 1.165) is 12.8 Å². The molecule has 0 bridgehead atoms. The Bertz CT molecular complexity index is 845. The number of benzene rings is 1. The Morgan fingerprint density at radius 1 is 1.09 bits per heavy atom. The quantitative estimate of drug-likeness (QED) is 0.466. The number of alkyl carbamates (subject to hydrolysis) is 1. The number of hydrogen-bond donors (Lipinski definition) is 2. The summed E-state index contributed by atoms with van der Waals surface area (Å²) in [6.07, 6.45) is 1.56. The lowest BCUT2D eigenvalue weighted by Gasteiger charge is -2.35. The monoisotopic (exact) mass is 472 g/mol. The van der Waals surface area contributed by atoms with Crippen LogP contribution in [0.5, 0.6) is 0 Å². The molecule has 8 heteroatoms. The zero-order valence-electron chi connectivity index (χ0n) is 21.6. The highest BCUT2D eigenvalue weighted by Gasteiger charge is 2.38. The fourth-order valence-corrected chi connectivity index (χ4v) is 3.60. The van der Waals surface area contributed by atoms with Crippen LogP contribution in [0.4, 0.5) is 4.79 Å². The summed E-state index contributed by atoms with van der Waals surface area (Å²) in [6.45, 7) is 12.6. The molecule has 4 unspecified atom stereocenters. The van der Waals surface area contributed by atoms with Gasteiger partial charge >= 0.3 is 6.09 Å². The van der Waals surface area contributed by atoms with Crippen LogP contribution in [-0.4, -0.2) is 47.0 Å². The highest BCUT2D eigenvalue weighted by Crippen LogP contribution is 2.24. The zero-order chi connectivity index (χ0) is 25.9. The number of nitrogens with one attached hydrogen (secondary N) is 2. The van der Waals surface area contributed by atoms with Crippen molar-refractivity contribution in [2.24, 2.45) is 5.92 Å². The van der Waals surface area contributed by atoms with Gasteiger partial charge in [-0.25, -0.2) is 4.79 Å². The van der Waals surface area contributed by atoms with Crippen molar-refractivity contribution in [2.45, 2.75) is 91.5 Å². The summed E-state index contributed by atoms with van der Waals surface area (Å²) in [5.74, 6) is -1.12. The number of hydrogen-bond acceptors (Lipinski definition) is 5. The molecular formula is C26H40N4O4. The van der Waals surface area contributed by atoms with Gasteiger partial charge in [-0.05, 0) is 45.6 Å².